The zero-order valence-corrected chi connectivity index (χ0v) is 47.5. The summed E-state index contributed by atoms with van der Waals surface area (Å²) < 4.78 is 5.48. The summed E-state index contributed by atoms with van der Waals surface area (Å²) in [6, 6.07) is -0.627. The fraction of sp³-hybridized carbons (Fsp3) is 0.846. The number of aliphatic hydroxyl groups excluding tert-OH is 2. The molecule has 6 nitrogen and oxygen atoms in total. The zero-order valence-electron chi connectivity index (χ0n) is 47.5. The van der Waals surface area contributed by atoms with Crippen molar-refractivity contribution in [1.82, 2.24) is 5.32 Å². The van der Waals surface area contributed by atoms with Gasteiger partial charge in [0.15, 0.2) is 0 Å². The van der Waals surface area contributed by atoms with E-state index in [9.17, 15) is 19.8 Å². The number of unbranched alkanes of at least 4 members (excludes halogenated alkanes) is 41. The van der Waals surface area contributed by atoms with Crippen LogP contribution in [0.3, 0.4) is 0 Å². The maximum absolute atomic E-state index is 12.4. The van der Waals surface area contributed by atoms with Gasteiger partial charge in [-0.05, 0) is 89.9 Å². The monoisotopic (exact) mass is 996 g/mol. The van der Waals surface area contributed by atoms with Gasteiger partial charge in [-0.1, -0.05) is 274 Å². The molecule has 2 unspecified atom stereocenters. The normalized spacial score (nSPS) is 12.9. The number of hydrogen-bond donors (Lipinski definition) is 3. The van der Waals surface area contributed by atoms with Crippen LogP contribution in [-0.2, 0) is 14.3 Å². The van der Waals surface area contributed by atoms with Gasteiger partial charge in [-0.2, -0.15) is 0 Å². The Morgan fingerprint density at radius 3 is 1.11 bits per heavy atom. The number of ether oxygens (including phenoxy) is 1. The first-order chi connectivity index (χ1) is 35.0. The van der Waals surface area contributed by atoms with Gasteiger partial charge in [0.2, 0.25) is 5.91 Å². The number of aliphatic hydroxyl groups is 2. The minimum Gasteiger partial charge on any atom is -0.466 e. The Bertz CT molecular complexity index is 1190. The molecule has 0 aliphatic carbocycles. The van der Waals surface area contributed by atoms with E-state index in [0.29, 0.717) is 19.4 Å². The molecule has 0 aromatic carbocycles. The molecular formula is C65H121NO5. The average Bonchev–Trinajstić information content (AvgIpc) is 3.37. The fourth-order valence-corrected chi connectivity index (χ4v) is 9.48. The van der Waals surface area contributed by atoms with Crippen LogP contribution in [0.5, 0.6) is 0 Å². The third-order valence-electron chi connectivity index (χ3n) is 14.3. The molecule has 0 radical (unpaired) electrons. The predicted molar refractivity (Wildman–Crippen MR) is 310 cm³/mol. The quantitative estimate of drug-likeness (QED) is 0.0321. The van der Waals surface area contributed by atoms with Crippen molar-refractivity contribution in [3.05, 3.63) is 48.6 Å². The van der Waals surface area contributed by atoms with E-state index in [-0.39, 0.29) is 18.5 Å². The summed E-state index contributed by atoms with van der Waals surface area (Å²) in [5.41, 5.74) is 0. The molecule has 0 aliphatic rings. The molecule has 0 bridgehead atoms. The maximum Gasteiger partial charge on any atom is 0.305 e. The van der Waals surface area contributed by atoms with Crippen LogP contribution in [0, 0.1) is 0 Å². The molecule has 0 saturated carbocycles. The number of carbonyl (C=O) groups excluding carboxylic acids is 2. The average molecular weight is 997 g/mol. The number of carbonyl (C=O) groups is 2. The van der Waals surface area contributed by atoms with E-state index in [1.54, 1.807) is 6.08 Å². The molecule has 0 fully saturated rings. The molecule has 0 saturated heterocycles. The lowest BCUT2D eigenvalue weighted by Crippen LogP contribution is -2.45. The topological polar surface area (TPSA) is 95.9 Å². The predicted octanol–water partition coefficient (Wildman–Crippen LogP) is 19.7. The first-order valence-corrected chi connectivity index (χ1v) is 31.4. The Balaban J connectivity index is 3.38. The summed E-state index contributed by atoms with van der Waals surface area (Å²) in [5.74, 6) is -0.0681. The molecule has 0 heterocycles. The van der Waals surface area contributed by atoms with Crippen LogP contribution >= 0.6 is 0 Å². The largest absolute Gasteiger partial charge is 0.466 e. The number of amides is 1. The third-order valence-corrected chi connectivity index (χ3v) is 14.3. The van der Waals surface area contributed by atoms with Crippen molar-refractivity contribution in [2.45, 2.75) is 341 Å². The number of allylic oxidation sites excluding steroid dienone is 7. The SMILES string of the molecule is CCCCC/C=C\C/C=C\CCCCCCCC(=O)OCCCCCCCCCCCCCC/C=C\CCCCCCCCCCCCCCC(=O)NC(CO)C(O)/C=C/CCCCCCCCCCC. The van der Waals surface area contributed by atoms with Crippen LogP contribution < -0.4 is 5.32 Å². The van der Waals surface area contributed by atoms with Crippen molar-refractivity contribution in [3.63, 3.8) is 0 Å². The van der Waals surface area contributed by atoms with Gasteiger partial charge >= 0.3 is 5.97 Å². The number of hydrogen-bond acceptors (Lipinski definition) is 5. The number of rotatable bonds is 58. The number of nitrogens with one attached hydrogen (secondary N) is 1. The van der Waals surface area contributed by atoms with Crippen LogP contribution in [0.1, 0.15) is 328 Å². The van der Waals surface area contributed by atoms with Crippen molar-refractivity contribution in [2.24, 2.45) is 0 Å². The van der Waals surface area contributed by atoms with Gasteiger partial charge in [-0.25, -0.2) is 0 Å². The van der Waals surface area contributed by atoms with Crippen LogP contribution in [-0.4, -0.2) is 47.4 Å². The molecule has 0 rings (SSSR count). The highest BCUT2D eigenvalue weighted by Gasteiger charge is 2.18. The summed E-state index contributed by atoms with van der Waals surface area (Å²) in [6.07, 6.45) is 77.4. The van der Waals surface area contributed by atoms with E-state index in [1.807, 2.05) is 6.08 Å². The second kappa shape index (κ2) is 60.4. The lowest BCUT2D eigenvalue weighted by molar-refractivity contribution is -0.143. The third kappa shape index (κ3) is 57.0. The first-order valence-electron chi connectivity index (χ1n) is 31.4. The second-order valence-corrected chi connectivity index (χ2v) is 21.4. The molecule has 0 spiro atoms. The van der Waals surface area contributed by atoms with Gasteiger partial charge < -0.3 is 20.3 Å². The smallest absolute Gasteiger partial charge is 0.305 e. The van der Waals surface area contributed by atoms with Gasteiger partial charge in [0.25, 0.3) is 0 Å². The Labute approximate surface area is 442 Å². The van der Waals surface area contributed by atoms with Gasteiger partial charge in [0.05, 0.1) is 25.4 Å². The molecule has 0 aromatic heterocycles. The van der Waals surface area contributed by atoms with Gasteiger partial charge in [0.1, 0.15) is 0 Å². The molecular weight excluding hydrogens is 875 g/mol. The second-order valence-electron chi connectivity index (χ2n) is 21.4. The van der Waals surface area contributed by atoms with Crippen LogP contribution in [0.4, 0.5) is 0 Å². The highest BCUT2D eigenvalue weighted by molar-refractivity contribution is 5.76. The van der Waals surface area contributed by atoms with Crippen molar-refractivity contribution < 1.29 is 24.5 Å². The summed E-state index contributed by atoms with van der Waals surface area (Å²) >= 11 is 0. The Kier molecular flexibility index (Phi) is 58.5. The minimum atomic E-state index is -0.843. The Hall–Kier alpha value is -2.18. The Morgan fingerprint density at radius 2 is 0.704 bits per heavy atom. The van der Waals surface area contributed by atoms with Gasteiger partial charge in [-0.15, -0.1) is 0 Å². The summed E-state index contributed by atoms with van der Waals surface area (Å²) in [4.78, 5) is 24.5. The van der Waals surface area contributed by atoms with E-state index >= 15 is 0 Å². The Morgan fingerprint density at radius 1 is 0.394 bits per heavy atom. The fourth-order valence-electron chi connectivity index (χ4n) is 9.48. The van der Waals surface area contributed by atoms with Crippen molar-refractivity contribution >= 4 is 11.9 Å². The summed E-state index contributed by atoms with van der Waals surface area (Å²) in [5, 5.41) is 23.0. The van der Waals surface area contributed by atoms with Crippen LogP contribution in [0.25, 0.3) is 0 Å². The van der Waals surface area contributed by atoms with Gasteiger partial charge in [-0.3, -0.25) is 9.59 Å². The highest BCUT2D eigenvalue weighted by Crippen LogP contribution is 2.17. The lowest BCUT2D eigenvalue weighted by atomic mass is 10.0. The summed E-state index contributed by atoms with van der Waals surface area (Å²) in [7, 11) is 0. The first kappa shape index (κ1) is 68.8. The minimum absolute atomic E-state index is 0.00103. The van der Waals surface area contributed by atoms with E-state index in [2.05, 4.69) is 55.6 Å². The van der Waals surface area contributed by atoms with E-state index in [1.165, 1.54) is 250 Å². The standard InChI is InChI=1S/C65H121NO5/c1-3-5-7-9-11-13-15-16-31-35-39-43-47-51-55-59-65(70)71-60-56-52-48-44-40-36-33-30-28-26-24-22-20-18-17-19-21-23-25-27-29-32-34-38-42-46-50-54-58-64(69)66-62(61-67)63(68)57-53-49-45-41-37-14-12-10-8-6-4-2/h11,13,16-18,31,53,57,62-63,67-68H,3-10,12,14-15,19-30,32-52,54-56,58-61H2,1-2H3,(H,66,69)/b13-11-,18-17-,31-16-,57-53+. The molecule has 3 N–H and O–H groups in total. The lowest BCUT2D eigenvalue weighted by Gasteiger charge is -2.20. The molecule has 0 aliphatic heterocycles. The summed E-state index contributed by atoms with van der Waals surface area (Å²) in [6.45, 7) is 4.86. The highest BCUT2D eigenvalue weighted by atomic mass is 16.5. The van der Waals surface area contributed by atoms with Crippen molar-refractivity contribution in [2.75, 3.05) is 13.2 Å². The van der Waals surface area contributed by atoms with E-state index in [4.69, 9.17) is 4.74 Å². The van der Waals surface area contributed by atoms with E-state index < -0.39 is 12.1 Å². The molecule has 1 amide bonds. The zero-order chi connectivity index (χ0) is 51.4. The number of esters is 1. The molecule has 71 heavy (non-hydrogen) atoms. The molecule has 416 valence electrons. The molecule has 0 aromatic rings. The van der Waals surface area contributed by atoms with Gasteiger partial charge in [0, 0.05) is 12.8 Å². The molecule has 2 atom stereocenters. The van der Waals surface area contributed by atoms with Crippen molar-refractivity contribution in [1.29, 1.82) is 0 Å². The van der Waals surface area contributed by atoms with Crippen LogP contribution in [0.15, 0.2) is 48.6 Å². The maximum atomic E-state index is 12.4. The van der Waals surface area contributed by atoms with Crippen LogP contribution in [0.2, 0.25) is 0 Å². The molecule has 6 heteroatoms. The van der Waals surface area contributed by atoms with E-state index in [0.717, 1.165) is 51.4 Å². The van der Waals surface area contributed by atoms with Crippen molar-refractivity contribution in [3.8, 4) is 0 Å².